The SMILES string of the molecule is CNC(=O)NC(=O)C(C)Oc1ccc(Br)cc1. The van der Waals surface area contributed by atoms with Gasteiger partial charge < -0.3 is 10.1 Å². The van der Waals surface area contributed by atoms with Crippen molar-refractivity contribution >= 4 is 27.9 Å². The van der Waals surface area contributed by atoms with Gasteiger partial charge in [-0.15, -0.1) is 0 Å². The quantitative estimate of drug-likeness (QED) is 0.892. The van der Waals surface area contributed by atoms with Crippen molar-refractivity contribution in [3.05, 3.63) is 28.7 Å². The highest BCUT2D eigenvalue weighted by Crippen LogP contribution is 2.17. The van der Waals surface area contributed by atoms with Crippen LogP contribution in [0.25, 0.3) is 0 Å². The summed E-state index contributed by atoms with van der Waals surface area (Å²) in [5, 5.41) is 4.43. The number of hydrogen-bond acceptors (Lipinski definition) is 3. The van der Waals surface area contributed by atoms with Crippen molar-refractivity contribution < 1.29 is 14.3 Å². The summed E-state index contributed by atoms with van der Waals surface area (Å²) in [5.74, 6) is 0.0695. The molecule has 0 fully saturated rings. The molecule has 0 radical (unpaired) electrons. The third-order valence-electron chi connectivity index (χ3n) is 1.96. The minimum absolute atomic E-state index is 0.493. The predicted octanol–water partition coefficient (Wildman–Crippen LogP) is 1.67. The fourth-order valence-corrected chi connectivity index (χ4v) is 1.31. The van der Waals surface area contributed by atoms with E-state index in [0.717, 1.165) is 4.47 Å². The normalized spacial score (nSPS) is 11.5. The van der Waals surface area contributed by atoms with E-state index in [1.165, 1.54) is 7.05 Å². The minimum Gasteiger partial charge on any atom is -0.481 e. The van der Waals surface area contributed by atoms with Crippen LogP contribution in [0, 0.1) is 0 Å². The molecule has 3 amide bonds. The smallest absolute Gasteiger partial charge is 0.321 e. The zero-order valence-corrected chi connectivity index (χ0v) is 11.1. The molecule has 1 rings (SSSR count). The van der Waals surface area contributed by atoms with Gasteiger partial charge >= 0.3 is 6.03 Å². The lowest BCUT2D eigenvalue weighted by molar-refractivity contribution is -0.126. The molecule has 0 aliphatic carbocycles. The summed E-state index contributed by atoms with van der Waals surface area (Å²) in [4.78, 5) is 22.4. The van der Waals surface area contributed by atoms with E-state index in [9.17, 15) is 9.59 Å². The minimum atomic E-state index is -0.742. The van der Waals surface area contributed by atoms with E-state index in [1.54, 1.807) is 31.2 Å². The van der Waals surface area contributed by atoms with Crippen LogP contribution >= 0.6 is 15.9 Å². The molecular formula is C11H13BrN2O3. The summed E-state index contributed by atoms with van der Waals surface area (Å²) in [6.45, 7) is 1.57. The molecule has 1 unspecified atom stereocenters. The van der Waals surface area contributed by atoms with Gasteiger partial charge in [0.2, 0.25) is 0 Å². The first-order chi connectivity index (χ1) is 8.02. The van der Waals surface area contributed by atoms with Crippen molar-refractivity contribution in [2.45, 2.75) is 13.0 Å². The van der Waals surface area contributed by atoms with Crippen LogP contribution in [0.15, 0.2) is 28.7 Å². The van der Waals surface area contributed by atoms with Crippen molar-refractivity contribution in [3.63, 3.8) is 0 Å². The Bertz CT molecular complexity index is 406. The van der Waals surface area contributed by atoms with Crippen molar-refractivity contribution in [2.75, 3.05) is 7.05 Å². The lowest BCUT2D eigenvalue weighted by Gasteiger charge is -2.13. The predicted molar refractivity (Wildman–Crippen MR) is 66.8 cm³/mol. The Balaban J connectivity index is 2.54. The standard InChI is InChI=1S/C11H13BrN2O3/c1-7(10(15)14-11(16)13-2)17-9-5-3-8(12)4-6-9/h3-7H,1-2H3,(H2,13,14,15,16). The maximum absolute atomic E-state index is 11.5. The third kappa shape index (κ3) is 4.44. The molecule has 5 nitrogen and oxygen atoms in total. The molecule has 1 aromatic carbocycles. The number of nitrogens with one attached hydrogen (secondary N) is 2. The molecule has 0 saturated heterocycles. The Kier molecular flexibility index (Phi) is 4.96. The molecule has 0 aliphatic heterocycles. The maximum atomic E-state index is 11.5. The number of urea groups is 1. The lowest BCUT2D eigenvalue weighted by Crippen LogP contribution is -2.43. The highest BCUT2D eigenvalue weighted by molar-refractivity contribution is 9.10. The Morgan fingerprint density at radius 2 is 1.88 bits per heavy atom. The van der Waals surface area contributed by atoms with Crippen LogP contribution in [0.3, 0.4) is 0 Å². The summed E-state index contributed by atoms with van der Waals surface area (Å²) >= 11 is 3.29. The highest BCUT2D eigenvalue weighted by atomic mass is 79.9. The lowest BCUT2D eigenvalue weighted by atomic mass is 10.3. The third-order valence-corrected chi connectivity index (χ3v) is 2.49. The highest BCUT2D eigenvalue weighted by Gasteiger charge is 2.16. The van der Waals surface area contributed by atoms with Crippen molar-refractivity contribution in [3.8, 4) is 5.75 Å². The zero-order valence-electron chi connectivity index (χ0n) is 9.49. The number of carbonyl (C=O) groups excluding carboxylic acids is 2. The van der Waals surface area contributed by atoms with E-state index < -0.39 is 18.0 Å². The molecule has 1 atom stereocenters. The number of amides is 3. The number of benzene rings is 1. The number of ether oxygens (including phenoxy) is 1. The first kappa shape index (κ1) is 13.5. The van der Waals surface area contributed by atoms with Crippen molar-refractivity contribution in [2.24, 2.45) is 0 Å². The van der Waals surface area contributed by atoms with E-state index in [1.807, 2.05) is 0 Å². The number of hydrogen-bond donors (Lipinski definition) is 2. The molecule has 0 aliphatic rings. The van der Waals surface area contributed by atoms with Crippen LogP contribution in [-0.4, -0.2) is 25.1 Å². The van der Waals surface area contributed by atoms with Crippen LogP contribution < -0.4 is 15.4 Å². The van der Waals surface area contributed by atoms with Gasteiger partial charge in [-0.05, 0) is 31.2 Å². The summed E-state index contributed by atoms with van der Waals surface area (Å²) in [5.41, 5.74) is 0. The van der Waals surface area contributed by atoms with Gasteiger partial charge in [0.25, 0.3) is 5.91 Å². The van der Waals surface area contributed by atoms with E-state index in [-0.39, 0.29) is 0 Å². The fraction of sp³-hybridized carbons (Fsp3) is 0.273. The second-order valence-electron chi connectivity index (χ2n) is 3.28. The summed E-state index contributed by atoms with van der Waals surface area (Å²) < 4.78 is 6.29. The fourth-order valence-electron chi connectivity index (χ4n) is 1.05. The van der Waals surface area contributed by atoms with Crippen LogP contribution in [0.4, 0.5) is 4.79 Å². The second kappa shape index (κ2) is 6.24. The molecule has 1 aromatic rings. The van der Waals surface area contributed by atoms with Crippen molar-refractivity contribution in [1.29, 1.82) is 0 Å². The molecule has 0 saturated carbocycles. The summed E-state index contributed by atoms with van der Waals surface area (Å²) in [7, 11) is 1.43. The Labute approximate surface area is 108 Å². The molecule has 92 valence electrons. The van der Waals surface area contributed by atoms with E-state index in [0.29, 0.717) is 5.75 Å². The van der Waals surface area contributed by atoms with E-state index >= 15 is 0 Å². The largest absolute Gasteiger partial charge is 0.481 e. The van der Waals surface area contributed by atoms with Gasteiger partial charge in [0.05, 0.1) is 0 Å². The average molecular weight is 301 g/mol. The monoisotopic (exact) mass is 300 g/mol. The van der Waals surface area contributed by atoms with Gasteiger partial charge in [0, 0.05) is 11.5 Å². The Morgan fingerprint density at radius 3 is 2.41 bits per heavy atom. The maximum Gasteiger partial charge on any atom is 0.321 e. The van der Waals surface area contributed by atoms with Crippen LogP contribution in [-0.2, 0) is 4.79 Å². The van der Waals surface area contributed by atoms with Crippen LogP contribution in [0.5, 0.6) is 5.75 Å². The molecule has 6 heteroatoms. The van der Waals surface area contributed by atoms with Crippen molar-refractivity contribution in [1.82, 2.24) is 10.6 Å². The second-order valence-corrected chi connectivity index (χ2v) is 4.20. The van der Waals surface area contributed by atoms with Crippen LogP contribution in [0.2, 0.25) is 0 Å². The first-order valence-electron chi connectivity index (χ1n) is 4.97. The molecule has 0 heterocycles. The number of halogens is 1. The Morgan fingerprint density at radius 1 is 1.29 bits per heavy atom. The number of imide groups is 1. The van der Waals surface area contributed by atoms with Gasteiger partial charge in [0.1, 0.15) is 5.75 Å². The summed E-state index contributed by atoms with van der Waals surface area (Å²) in [6.07, 6.45) is -0.742. The average Bonchev–Trinajstić information content (AvgIpc) is 2.31. The summed E-state index contributed by atoms with van der Waals surface area (Å²) in [6, 6.07) is 6.51. The van der Waals surface area contributed by atoms with Gasteiger partial charge in [-0.1, -0.05) is 15.9 Å². The zero-order chi connectivity index (χ0) is 12.8. The van der Waals surface area contributed by atoms with Crippen LogP contribution in [0.1, 0.15) is 6.92 Å². The molecule has 17 heavy (non-hydrogen) atoms. The first-order valence-corrected chi connectivity index (χ1v) is 5.77. The van der Waals surface area contributed by atoms with E-state index in [2.05, 4.69) is 26.6 Å². The molecule has 0 aromatic heterocycles. The van der Waals surface area contributed by atoms with E-state index in [4.69, 9.17) is 4.74 Å². The molecule has 2 N–H and O–H groups in total. The van der Waals surface area contributed by atoms with Gasteiger partial charge in [-0.25, -0.2) is 4.79 Å². The molecule has 0 spiro atoms. The molecule has 0 bridgehead atoms. The van der Waals surface area contributed by atoms with Gasteiger partial charge in [0.15, 0.2) is 6.10 Å². The van der Waals surface area contributed by atoms with Gasteiger partial charge in [-0.2, -0.15) is 0 Å². The van der Waals surface area contributed by atoms with Gasteiger partial charge in [-0.3, -0.25) is 10.1 Å². The number of carbonyl (C=O) groups is 2. The topological polar surface area (TPSA) is 67.4 Å². The number of rotatable bonds is 3. The molecular weight excluding hydrogens is 288 g/mol. The Hall–Kier alpha value is -1.56.